The maximum atomic E-state index is 2.43. The molecule has 0 saturated heterocycles. The summed E-state index contributed by atoms with van der Waals surface area (Å²) in [5.74, 6) is 0. The van der Waals surface area contributed by atoms with E-state index in [1.807, 2.05) is 0 Å². The van der Waals surface area contributed by atoms with Crippen LogP contribution in [-0.2, 0) is 0 Å². The fourth-order valence-electron chi connectivity index (χ4n) is 13.1. The molecule has 9 aromatic rings. The van der Waals surface area contributed by atoms with E-state index in [1.54, 1.807) is 0 Å². The van der Waals surface area contributed by atoms with Crippen molar-refractivity contribution in [1.29, 1.82) is 0 Å². The fourth-order valence-corrected chi connectivity index (χ4v) is 13.1. The Morgan fingerprint density at radius 1 is 0.100 bits per heavy atom. The molecule has 0 bridgehead atoms. The first-order valence-electron chi connectivity index (χ1n) is 22.5. The summed E-state index contributed by atoms with van der Waals surface area (Å²) in [6.45, 7) is 0. The van der Waals surface area contributed by atoms with E-state index >= 15 is 0 Å². The second-order valence-electron chi connectivity index (χ2n) is 19.8. The van der Waals surface area contributed by atoms with Crippen LogP contribution in [0.25, 0.3) is 86.9 Å². The number of hydrogen-bond acceptors (Lipinski definition) is 0. The van der Waals surface area contributed by atoms with Crippen molar-refractivity contribution in [2.45, 2.75) is 0 Å². The lowest BCUT2D eigenvalue weighted by Crippen LogP contribution is -2.50. The first-order valence-corrected chi connectivity index (χ1v) is 22.5. The molecule has 0 fully saturated rings. The fraction of sp³-hybridized carbons (Fsp3) is 0. The first kappa shape index (κ1) is 41.8. The van der Waals surface area contributed by atoms with Gasteiger partial charge in [0.05, 0.1) is 0 Å². The van der Waals surface area contributed by atoms with Gasteiger partial charge in [-0.2, -0.15) is 0 Å². The molecule has 0 N–H and O–H groups in total. The van der Waals surface area contributed by atoms with E-state index in [-0.39, 0.29) is 0 Å². The molecule has 0 aromatic heterocycles. The van der Waals surface area contributed by atoms with Gasteiger partial charge in [-0.1, -0.05) is 109 Å². The van der Waals surface area contributed by atoms with Crippen LogP contribution in [0.4, 0.5) is 0 Å². The molecule has 22 heteroatoms. The first-order chi connectivity index (χ1) is 28.0. The molecule has 0 saturated carbocycles. The average Bonchev–Trinajstić information content (AvgIpc) is 3.20. The maximum Gasteiger partial charge on any atom is 0.139 e. The lowest BCUT2D eigenvalue weighted by atomic mass is 9.55. The highest BCUT2D eigenvalue weighted by atomic mass is 14.3. The van der Waals surface area contributed by atoms with Gasteiger partial charge in [0, 0.05) is 0 Å². The minimum absolute atomic E-state index is 1.41. The topological polar surface area (TPSA) is 0 Å². The number of hydrogen-bond donors (Lipinski definition) is 0. The Bertz CT molecular complexity index is 3240. The molecule has 0 aliphatic rings. The van der Waals surface area contributed by atoms with E-state index < -0.39 is 0 Å². The van der Waals surface area contributed by atoms with E-state index in [4.69, 9.17) is 0 Å². The van der Waals surface area contributed by atoms with E-state index in [9.17, 15) is 0 Å². The third-order valence-corrected chi connectivity index (χ3v) is 17.8. The highest BCUT2D eigenvalue weighted by Crippen LogP contribution is 2.35. The van der Waals surface area contributed by atoms with Crippen molar-refractivity contribution >= 4 is 357 Å². The SMILES string of the molecule is Bc1c(B)c(-c2c(B)c(B)c3c(B)c(B)c4c(B)c(B)c(B)c5c(B)c(B)c2c3c45)c(B)c(B)c1-c1c(B)c(B)c2c(B)c(B)c3c(B)c(B)c(B)c4c(B)c(B)c1c2c34. The van der Waals surface area contributed by atoms with Crippen molar-refractivity contribution in [3.8, 4) is 22.3 Å². The molecule has 0 aliphatic carbocycles. The molecule has 262 valence electrons. The molecule has 0 atom stereocenters. The van der Waals surface area contributed by atoms with Crippen LogP contribution in [0, 0.1) is 0 Å². The Labute approximate surface area is 377 Å². The zero-order valence-electron chi connectivity index (χ0n) is 41.0. The van der Waals surface area contributed by atoms with Crippen molar-refractivity contribution in [1.82, 2.24) is 0 Å². The van der Waals surface area contributed by atoms with Crippen molar-refractivity contribution < 1.29 is 0 Å². The summed E-state index contributed by atoms with van der Waals surface area (Å²) >= 11 is 0. The lowest BCUT2D eigenvalue weighted by molar-refractivity contribution is 1.85. The van der Waals surface area contributed by atoms with Gasteiger partial charge in [0.2, 0.25) is 0 Å². The standard InChI is InChI=1S/C38H44B22/c39-17-5-1-3-11(23(17)45)33(55)37(59)35(57)13(3)27(49)25(47)9(1)21(43)19(41)7(5)15-29(51)31(53)16(32(54)30(15)52)8-6-2-4-12(24(46)18(6)40)34(56)38(60)36(58)14(4)28(50)26(48)10(2)22(44)20(8)42/h39-60H2. The maximum absolute atomic E-state index is 2.43. The van der Waals surface area contributed by atoms with Gasteiger partial charge in [-0.05, 0) is 86.9 Å². The van der Waals surface area contributed by atoms with Gasteiger partial charge in [0.1, 0.15) is 173 Å². The van der Waals surface area contributed by atoms with Crippen molar-refractivity contribution in [3.63, 3.8) is 0 Å². The normalized spacial score (nSPS) is 12.1. The Balaban J connectivity index is 1.49. The summed E-state index contributed by atoms with van der Waals surface area (Å²) in [6, 6.07) is 0. The smallest absolute Gasteiger partial charge is 0.100 e. The van der Waals surface area contributed by atoms with Gasteiger partial charge in [-0.25, -0.2) is 0 Å². The molecule has 0 aliphatic heterocycles. The predicted octanol–water partition coefficient (Wildman–Crippen LogP) is -27.5. The average molecular weight is 739 g/mol. The van der Waals surface area contributed by atoms with E-state index in [2.05, 4.69) is 173 Å². The summed E-state index contributed by atoms with van der Waals surface area (Å²) in [4.78, 5) is 0. The van der Waals surface area contributed by atoms with Crippen LogP contribution < -0.4 is 120 Å². The Kier molecular flexibility index (Phi) is 9.41. The van der Waals surface area contributed by atoms with Crippen molar-refractivity contribution in [2.75, 3.05) is 0 Å². The van der Waals surface area contributed by atoms with Crippen LogP contribution in [0.3, 0.4) is 0 Å². The Morgan fingerprint density at radius 2 is 0.233 bits per heavy atom. The van der Waals surface area contributed by atoms with Crippen LogP contribution in [0.5, 0.6) is 0 Å². The highest BCUT2D eigenvalue weighted by Gasteiger charge is 2.30. The number of rotatable bonds is 2. The predicted molar refractivity (Wildman–Crippen MR) is 345 cm³/mol. The van der Waals surface area contributed by atoms with Crippen LogP contribution in [0.2, 0.25) is 0 Å². The van der Waals surface area contributed by atoms with Crippen LogP contribution >= 0.6 is 0 Å². The molecule has 0 nitrogen and oxygen atoms in total. The Morgan fingerprint density at radius 3 is 0.450 bits per heavy atom. The molecule has 0 amide bonds. The second-order valence-corrected chi connectivity index (χ2v) is 19.8. The van der Waals surface area contributed by atoms with Crippen LogP contribution in [-0.4, -0.2) is 173 Å². The van der Waals surface area contributed by atoms with E-state index in [0.717, 1.165) is 0 Å². The summed E-state index contributed by atoms with van der Waals surface area (Å²) in [5, 5.41) is 17.6. The molecular formula is C38H44B22. The lowest BCUT2D eigenvalue weighted by Gasteiger charge is -2.32. The molecule has 9 rings (SSSR count). The summed E-state index contributed by atoms with van der Waals surface area (Å²) in [6.07, 6.45) is 0. The zero-order chi connectivity index (χ0) is 43.9. The van der Waals surface area contributed by atoms with Gasteiger partial charge in [0.25, 0.3) is 0 Å². The van der Waals surface area contributed by atoms with Gasteiger partial charge >= 0.3 is 0 Å². The largest absolute Gasteiger partial charge is 0.139 e. The molecule has 0 unspecified atom stereocenters. The summed E-state index contributed by atoms with van der Waals surface area (Å²) in [5.41, 5.74) is 37.1. The van der Waals surface area contributed by atoms with Crippen molar-refractivity contribution in [2.24, 2.45) is 0 Å². The van der Waals surface area contributed by atoms with Gasteiger partial charge in [-0.15, -0.1) is 10.9 Å². The van der Waals surface area contributed by atoms with Crippen molar-refractivity contribution in [3.05, 3.63) is 0 Å². The summed E-state index contributed by atoms with van der Waals surface area (Å²) < 4.78 is 0. The molecule has 60 heavy (non-hydrogen) atoms. The highest BCUT2D eigenvalue weighted by molar-refractivity contribution is 6.78. The van der Waals surface area contributed by atoms with E-state index in [1.165, 1.54) is 207 Å². The third kappa shape index (κ3) is 4.79. The van der Waals surface area contributed by atoms with Gasteiger partial charge < -0.3 is 0 Å². The summed E-state index contributed by atoms with van der Waals surface area (Å²) in [7, 11) is 52.6. The molecular weight excluding hydrogens is 694 g/mol. The number of benzene rings is 9. The van der Waals surface area contributed by atoms with E-state index in [0.29, 0.717) is 0 Å². The quantitative estimate of drug-likeness (QED) is 0.122. The minimum atomic E-state index is 1.41. The third-order valence-electron chi connectivity index (χ3n) is 17.8. The van der Waals surface area contributed by atoms with Crippen LogP contribution in [0.15, 0.2) is 0 Å². The molecule has 0 spiro atoms. The monoisotopic (exact) mass is 743 g/mol. The molecule has 0 radical (unpaired) electrons. The Hall–Kier alpha value is -3.51. The zero-order valence-corrected chi connectivity index (χ0v) is 41.0. The second kappa shape index (κ2) is 13.5. The van der Waals surface area contributed by atoms with Crippen LogP contribution in [0.1, 0.15) is 0 Å². The molecule has 9 aromatic carbocycles. The van der Waals surface area contributed by atoms with Gasteiger partial charge in [0.15, 0.2) is 0 Å². The van der Waals surface area contributed by atoms with Gasteiger partial charge in [-0.3, -0.25) is 0 Å². The minimum Gasteiger partial charge on any atom is -0.100 e. The molecule has 0 heterocycles.